The molecule has 3 aliphatic rings. The topological polar surface area (TPSA) is 307 Å². The summed E-state index contributed by atoms with van der Waals surface area (Å²) in [7, 11) is 0. The van der Waals surface area contributed by atoms with Gasteiger partial charge in [0.1, 0.15) is 73.2 Å². The minimum Gasteiger partial charge on any atom is -0.394 e. The van der Waals surface area contributed by atoms with E-state index in [-0.39, 0.29) is 18.9 Å². The third kappa shape index (κ3) is 54.1. The lowest BCUT2D eigenvalue weighted by molar-refractivity contribution is -0.379. The van der Waals surface area contributed by atoms with Gasteiger partial charge in [-0.25, -0.2) is 0 Å². The molecule has 0 radical (unpaired) electrons. The van der Waals surface area contributed by atoms with Crippen LogP contribution in [0.5, 0.6) is 0 Å². The number of unbranched alkanes of at least 4 members (excludes halogenated alkanes) is 65. The molecule has 3 saturated heterocycles. The molecule has 0 aromatic heterocycles. The van der Waals surface area contributed by atoms with Gasteiger partial charge in [0.2, 0.25) is 5.91 Å². The number of carbonyl (C=O) groups excluding carboxylic acids is 1. The van der Waals surface area contributed by atoms with E-state index in [0.29, 0.717) is 6.42 Å². The van der Waals surface area contributed by atoms with Gasteiger partial charge in [-0.2, -0.15) is 0 Å². The van der Waals surface area contributed by atoms with Gasteiger partial charge in [0.25, 0.3) is 0 Å². The number of amides is 1. The zero-order valence-corrected chi connectivity index (χ0v) is 74.5. The number of aliphatic hydroxyl groups excluding tert-OH is 11. The molecule has 3 aliphatic heterocycles. The van der Waals surface area contributed by atoms with Crippen LogP contribution in [0, 0.1) is 0 Å². The highest BCUT2D eigenvalue weighted by Crippen LogP contribution is 2.34. The zero-order chi connectivity index (χ0) is 83.8. The number of hydrogen-bond acceptors (Lipinski definition) is 18. The Labute approximate surface area is 709 Å². The van der Waals surface area contributed by atoms with Crippen LogP contribution in [0.1, 0.15) is 457 Å². The van der Waals surface area contributed by atoms with Gasteiger partial charge >= 0.3 is 0 Å². The van der Waals surface area contributed by atoms with Crippen LogP contribution in [0.25, 0.3) is 0 Å². The molecule has 3 rings (SSSR count). The zero-order valence-electron chi connectivity index (χ0n) is 74.5. The number of allylic oxidation sites excluding steroid dienone is 3. The highest BCUT2D eigenvalue weighted by Gasteiger charge is 2.54. The number of nitrogens with one attached hydrogen (secondary N) is 1. The summed E-state index contributed by atoms with van der Waals surface area (Å²) in [5.41, 5.74) is 0. The predicted octanol–water partition coefficient (Wildman–Crippen LogP) is 20.4. The fourth-order valence-electron chi connectivity index (χ4n) is 17.1. The van der Waals surface area contributed by atoms with Crippen LogP contribution in [0.3, 0.4) is 0 Å². The second-order valence-electron chi connectivity index (χ2n) is 35.6. The van der Waals surface area contributed by atoms with Crippen LogP contribution < -0.4 is 5.32 Å². The average Bonchev–Trinajstić information content (AvgIpc) is 0.783. The molecule has 3 fully saturated rings. The van der Waals surface area contributed by atoms with Gasteiger partial charge in [-0.1, -0.05) is 430 Å². The lowest BCUT2D eigenvalue weighted by Crippen LogP contribution is -2.66. The van der Waals surface area contributed by atoms with Crippen molar-refractivity contribution in [3.05, 3.63) is 24.3 Å². The molecular weight excluding hydrogens is 1470 g/mol. The van der Waals surface area contributed by atoms with Crippen molar-refractivity contribution in [1.82, 2.24) is 5.32 Å². The van der Waals surface area contributed by atoms with E-state index >= 15 is 0 Å². The third-order valence-electron chi connectivity index (χ3n) is 25.0. The van der Waals surface area contributed by atoms with Gasteiger partial charge in [-0.05, 0) is 44.9 Å². The Morgan fingerprint density at radius 2 is 0.543 bits per heavy atom. The van der Waals surface area contributed by atoms with E-state index in [0.717, 1.165) is 44.9 Å². The fraction of sp³-hybridized carbons (Fsp3) is 0.948. The first kappa shape index (κ1) is 108. The van der Waals surface area contributed by atoms with Gasteiger partial charge in [0.05, 0.1) is 38.6 Å². The lowest BCUT2D eigenvalue weighted by atomic mass is 9.96. The van der Waals surface area contributed by atoms with E-state index < -0.39 is 124 Å². The largest absolute Gasteiger partial charge is 0.394 e. The van der Waals surface area contributed by atoms with Gasteiger partial charge in [-0.3, -0.25) is 4.79 Å². The Morgan fingerprint density at radius 3 is 0.836 bits per heavy atom. The summed E-state index contributed by atoms with van der Waals surface area (Å²) >= 11 is 0. The standard InChI is InChI=1S/C97H185NO18/c1-3-5-7-9-11-13-15-17-19-21-23-25-27-29-31-33-35-36-37-38-39-40-41-42-43-44-45-47-49-51-53-55-57-59-61-63-65-67-69-71-73-75-85(103)98-80(81(102)74-72-70-68-66-64-62-60-58-56-54-52-50-48-46-34-32-30-28-26-24-22-20-18-16-14-12-10-8-6-4-2)79-111-95-91(109)88(106)93(83(77-100)113-95)116-97-92(110)89(107)94(84(78-101)114-97)115-96-90(108)87(105)86(104)82(76-99)112-96/h21,23,72,74,80-84,86-97,99-102,104-110H,3-20,22,24-71,73,75-79H2,1-2H3,(H,98,103)/b23-21-,74-72+. The Hall–Kier alpha value is -1.73. The van der Waals surface area contributed by atoms with Crippen LogP contribution >= 0.6 is 0 Å². The number of hydrogen-bond donors (Lipinski definition) is 12. The van der Waals surface area contributed by atoms with Gasteiger partial charge in [0, 0.05) is 6.42 Å². The van der Waals surface area contributed by atoms with E-state index in [1.54, 1.807) is 6.08 Å². The van der Waals surface area contributed by atoms with E-state index in [9.17, 15) is 61.0 Å². The van der Waals surface area contributed by atoms with E-state index in [1.807, 2.05) is 6.08 Å². The van der Waals surface area contributed by atoms with Gasteiger partial charge < -0.3 is 89.9 Å². The Morgan fingerprint density at radius 1 is 0.302 bits per heavy atom. The second-order valence-corrected chi connectivity index (χ2v) is 35.6. The minimum atomic E-state index is -1.98. The summed E-state index contributed by atoms with van der Waals surface area (Å²) in [4.78, 5) is 13.6. The van der Waals surface area contributed by atoms with Crippen LogP contribution in [-0.4, -0.2) is 193 Å². The summed E-state index contributed by atoms with van der Waals surface area (Å²) in [6, 6.07) is -0.973. The van der Waals surface area contributed by atoms with Crippen molar-refractivity contribution in [2.45, 2.75) is 561 Å². The van der Waals surface area contributed by atoms with Crippen molar-refractivity contribution in [1.29, 1.82) is 0 Å². The third-order valence-corrected chi connectivity index (χ3v) is 25.0. The maximum absolute atomic E-state index is 13.6. The number of rotatable bonds is 83. The van der Waals surface area contributed by atoms with Crippen molar-refractivity contribution in [3.63, 3.8) is 0 Å². The number of ether oxygens (including phenoxy) is 6. The summed E-state index contributed by atoms with van der Waals surface area (Å²) in [6.45, 7) is 1.82. The molecule has 116 heavy (non-hydrogen) atoms. The minimum absolute atomic E-state index is 0.250. The molecule has 17 unspecified atom stereocenters. The fourth-order valence-corrected chi connectivity index (χ4v) is 17.1. The smallest absolute Gasteiger partial charge is 0.220 e. The van der Waals surface area contributed by atoms with Crippen molar-refractivity contribution in [3.8, 4) is 0 Å². The van der Waals surface area contributed by atoms with Crippen LogP contribution in [0.15, 0.2) is 24.3 Å². The van der Waals surface area contributed by atoms with Gasteiger partial charge in [0.15, 0.2) is 18.9 Å². The number of aliphatic hydroxyl groups is 11. The molecule has 19 nitrogen and oxygen atoms in total. The monoisotopic (exact) mass is 1650 g/mol. The first-order chi connectivity index (χ1) is 56.8. The Bertz CT molecular complexity index is 2180. The molecule has 3 heterocycles. The van der Waals surface area contributed by atoms with E-state index in [1.165, 1.54) is 385 Å². The summed E-state index contributed by atoms with van der Waals surface area (Å²) in [5.74, 6) is -0.264. The molecule has 686 valence electrons. The SMILES string of the molecule is CCCCCCCCCC/C=C\CCCCCCCCCCCCCCCCCCCCCCCCCCCCCCCC(=O)NC(COC1OC(CO)C(OC2OC(CO)C(OC3OC(CO)C(O)C(O)C3O)C(O)C2O)C(O)C1O)C(O)/C=C/CCCCCCCCCCCCCCCCCCCCCCCCCCCCCC. The van der Waals surface area contributed by atoms with Crippen molar-refractivity contribution >= 4 is 5.91 Å². The molecule has 0 aromatic rings. The van der Waals surface area contributed by atoms with Crippen LogP contribution in [0.4, 0.5) is 0 Å². The second kappa shape index (κ2) is 76.9. The number of carbonyl (C=O) groups is 1. The molecule has 12 N–H and O–H groups in total. The normalized spacial score (nSPS) is 24.5. The van der Waals surface area contributed by atoms with E-state index in [2.05, 4.69) is 31.3 Å². The Balaban J connectivity index is 1.28. The highest BCUT2D eigenvalue weighted by molar-refractivity contribution is 5.76. The maximum Gasteiger partial charge on any atom is 0.220 e. The summed E-state index contributed by atoms with van der Waals surface area (Å²) < 4.78 is 34.6. The molecule has 19 heteroatoms. The van der Waals surface area contributed by atoms with Gasteiger partial charge in [-0.15, -0.1) is 0 Å². The lowest BCUT2D eigenvalue weighted by Gasteiger charge is -2.48. The molecule has 17 atom stereocenters. The first-order valence-corrected chi connectivity index (χ1v) is 49.6. The molecule has 0 aromatic carbocycles. The van der Waals surface area contributed by atoms with Crippen molar-refractivity contribution < 1.29 is 89.4 Å². The van der Waals surface area contributed by atoms with E-state index in [4.69, 9.17) is 28.4 Å². The summed E-state index contributed by atoms with van der Waals surface area (Å²) in [5, 5.41) is 121. The first-order valence-electron chi connectivity index (χ1n) is 49.6. The molecule has 0 saturated carbocycles. The quantitative estimate of drug-likeness (QED) is 0.0199. The molecule has 0 aliphatic carbocycles. The molecule has 0 spiro atoms. The Kier molecular flexibility index (Phi) is 71.9. The molecular formula is C97H185NO18. The maximum atomic E-state index is 13.6. The van der Waals surface area contributed by atoms with Crippen LogP contribution in [-0.2, 0) is 33.2 Å². The summed E-state index contributed by atoms with van der Waals surface area (Å²) in [6.07, 6.45) is 72.3. The van der Waals surface area contributed by atoms with Crippen molar-refractivity contribution in [2.75, 3.05) is 26.4 Å². The van der Waals surface area contributed by atoms with Crippen LogP contribution in [0.2, 0.25) is 0 Å². The molecule has 1 amide bonds. The van der Waals surface area contributed by atoms with Crippen molar-refractivity contribution in [2.24, 2.45) is 0 Å². The predicted molar refractivity (Wildman–Crippen MR) is 471 cm³/mol. The molecule has 0 bridgehead atoms. The average molecular weight is 1650 g/mol. The highest BCUT2D eigenvalue weighted by atomic mass is 16.8.